The molecule has 1 fully saturated rings. The molecule has 0 radical (unpaired) electrons. The van der Waals surface area contributed by atoms with Gasteiger partial charge >= 0.3 is 0 Å². The van der Waals surface area contributed by atoms with Crippen LogP contribution in [-0.4, -0.2) is 19.3 Å². The summed E-state index contributed by atoms with van der Waals surface area (Å²) in [6.07, 6.45) is 4.95. The summed E-state index contributed by atoms with van der Waals surface area (Å²) in [6.45, 7) is 4.41. The van der Waals surface area contributed by atoms with Crippen molar-refractivity contribution in [2.45, 2.75) is 45.6 Å². The van der Waals surface area contributed by atoms with Gasteiger partial charge in [-0.1, -0.05) is 13.3 Å². The summed E-state index contributed by atoms with van der Waals surface area (Å²) in [4.78, 5) is 3.35. The van der Waals surface area contributed by atoms with E-state index in [1.54, 1.807) is 0 Å². The largest absolute Gasteiger partial charge is 0.328 e. The van der Waals surface area contributed by atoms with Crippen molar-refractivity contribution in [3.8, 4) is 0 Å². The van der Waals surface area contributed by atoms with Crippen LogP contribution in [0.4, 0.5) is 0 Å². The standard InChI is InChI=1S/C13H20N4S/c1-4-10-11-12(16(3)15-10)17(13(18)14-11)8(2)9-6-5-7-9/h8-9H,4-7H2,1-3H3,(H,14,18). The van der Waals surface area contributed by atoms with E-state index >= 15 is 0 Å². The Kier molecular flexibility index (Phi) is 2.81. The van der Waals surface area contributed by atoms with Crippen LogP contribution in [0.1, 0.15) is 44.8 Å². The third-order valence-corrected chi connectivity index (χ3v) is 4.64. The zero-order chi connectivity index (χ0) is 12.9. The highest BCUT2D eigenvalue weighted by Crippen LogP contribution is 2.37. The second kappa shape index (κ2) is 4.23. The number of fused-ring (bicyclic) bond motifs is 1. The van der Waals surface area contributed by atoms with Gasteiger partial charge in [0.05, 0.1) is 5.69 Å². The fourth-order valence-electron chi connectivity index (χ4n) is 3.00. The van der Waals surface area contributed by atoms with Crippen LogP contribution < -0.4 is 0 Å². The third-order valence-electron chi connectivity index (χ3n) is 4.34. The summed E-state index contributed by atoms with van der Waals surface area (Å²) in [7, 11) is 2.01. The molecule has 0 aromatic carbocycles. The van der Waals surface area contributed by atoms with Crippen LogP contribution in [0.25, 0.3) is 11.2 Å². The molecule has 0 saturated heterocycles. The van der Waals surface area contributed by atoms with Gasteiger partial charge in [0.1, 0.15) is 5.52 Å². The first kappa shape index (κ1) is 12.0. The van der Waals surface area contributed by atoms with Crippen LogP contribution in [0.15, 0.2) is 0 Å². The highest BCUT2D eigenvalue weighted by Gasteiger charge is 2.28. The molecule has 18 heavy (non-hydrogen) atoms. The van der Waals surface area contributed by atoms with E-state index in [0.717, 1.165) is 34.0 Å². The van der Waals surface area contributed by atoms with Crippen molar-refractivity contribution in [3.05, 3.63) is 10.5 Å². The quantitative estimate of drug-likeness (QED) is 0.863. The van der Waals surface area contributed by atoms with Crippen LogP contribution in [0, 0.1) is 10.7 Å². The Morgan fingerprint density at radius 3 is 2.78 bits per heavy atom. The van der Waals surface area contributed by atoms with E-state index in [4.69, 9.17) is 12.2 Å². The van der Waals surface area contributed by atoms with Gasteiger partial charge in [-0.2, -0.15) is 5.10 Å². The Labute approximate surface area is 112 Å². The SMILES string of the molecule is CCc1nn(C)c2c1[nH]c(=S)n2C(C)C1CCC1. The Morgan fingerprint density at radius 1 is 1.50 bits per heavy atom. The molecule has 0 aliphatic heterocycles. The van der Waals surface area contributed by atoms with Crippen LogP contribution in [-0.2, 0) is 13.5 Å². The van der Waals surface area contributed by atoms with E-state index in [-0.39, 0.29) is 0 Å². The van der Waals surface area contributed by atoms with Gasteiger partial charge in [-0.15, -0.1) is 0 Å². The number of aromatic amines is 1. The number of aryl methyl sites for hydroxylation is 2. The molecule has 0 amide bonds. The summed E-state index contributed by atoms with van der Waals surface area (Å²) >= 11 is 5.51. The molecule has 2 aromatic rings. The maximum Gasteiger partial charge on any atom is 0.179 e. The minimum Gasteiger partial charge on any atom is -0.328 e. The second-order valence-electron chi connectivity index (χ2n) is 5.35. The van der Waals surface area contributed by atoms with Crippen molar-refractivity contribution in [2.24, 2.45) is 13.0 Å². The number of H-pyrrole nitrogens is 1. The zero-order valence-electron chi connectivity index (χ0n) is 11.2. The molecule has 5 heteroatoms. The van der Waals surface area contributed by atoms with Gasteiger partial charge < -0.3 is 4.98 Å². The molecule has 98 valence electrons. The van der Waals surface area contributed by atoms with E-state index in [1.165, 1.54) is 19.3 Å². The van der Waals surface area contributed by atoms with Gasteiger partial charge in [-0.05, 0) is 44.3 Å². The fourth-order valence-corrected chi connectivity index (χ4v) is 3.35. The molecule has 2 heterocycles. The zero-order valence-corrected chi connectivity index (χ0v) is 12.0. The maximum absolute atomic E-state index is 5.51. The summed E-state index contributed by atoms with van der Waals surface area (Å²) in [5.74, 6) is 0.774. The van der Waals surface area contributed by atoms with E-state index in [2.05, 4.69) is 28.5 Å². The normalized spacial score (nSPS) is 18.2. The maximum atomic E-state index is 5.51. The predicted molar refractivity (Wildman–Crippen MR) is 75.3 cm³/mol. The van der Waals surface area contributed by atoms with Crippen molar-refractivity contribution in [2.75, 3.05) is 0 Å². The van der Waals surface area contributed by atoms with Crippen molar-refractivity contribution in [3.63, 3.8) is 0 Å². The average molecular weight is 264 g/mol. The van der Waals surface area contributed by atoms with Crippen LogP contribution >= 0.6 is 12.2 Å². The first-order valence-corrected chi connectivity index (χ1v) is 7.20. The average Bonchev–Trinajstić information content (AvgIpc) is 2.73. The van der Waals surface area contributed by atoms with Gasteiger partial charge in [0.2, 0.25) is 0 Å². The Bertz CT molecular complexity index is 629. The Morgan fingerprint density at radius 2 is 2.22 bits per heavy atom. The molecule has 1 unspecified atom stereocenters. The van der Waals surface area contributed by atoms with Gasteiger partial charge in [-0.3, -0.25) is 9.25 Å². The molecule has 0 spiro atoms. The fraction of sp³-hybridized carbons (Fsp3) is 0.692. The monoisotopic (exact) mass is 264 g/mol. The minimum absolute atomic E-state index is 0.472. The van der Waals surface area contributed by atoms with Crippen molar-refractivity contribution >= 4 is 23.4 Å². The number of nitrogens with zero attached hydrogens (tertiary/aromatic N) is 3. The molecular formula is C13H20N4S. The van der Waals surface area contributed by atoms with Crippen LogP contribution in [0.5, 0.6) is 0 Å². The number of aromatic nitrogens is 4. The van der Waals surface area contributed by atoms with Gasteiger partial charge in [-0.25, -0.2) is 0 Å². The first-order valence-electron chi connectivity index (χ1n) is 6.79. The van der Waals surface area contributed by atoms with E-state index < -0.39 is 0 Å². The molecule has 1 atom stereocenters. The highest BCUT2D eigenvalue weighted by atomic mass is 32.1. The molecule has 1 aliphatic rings. The number of imidazole rings is 1. The van der Waals surface area contributed by atoms with E-state index in [0.29, 0.717) is 6.04 Å². The molecule has 1 N–H and O–H groups in total. The summed E-state index contributed by atoms with van der Waals surface area (Å²) in [5, 5.41) is 4.57. The second-order valence-corrected chi connectivity index (χ2v) is 5.74. The number of rotatable bonds is 3. The predicted octanol–water partition coefficient (Wildman–Crippen LogP) is 3.36. The lowest BCUT2D eigenvalue weighted by Gasteiger charge is -2.32. The first-order chi connectivity index (χ1) is 8.63. The molecule has 2 aromatic heterocycles. The van der Waals surface area contributed by atoms with Crippen molar-refractivity contribution < 1.29 is 0 Å². The summed E-state index contributed by atoms with van der Waals surface area (Å²) < 4.78 is 5.07. The number of hydrogen-bond donors (Lipinski definition) is 1. The van der Waals surface area contributed by atoms with Crippen molar-refractivity contribution in [1.29, 1.82) is 0 Å². The summed E-state index contributed by atoms with van der Waals surface area (Å²) in [5.41, 5.74) is 3.38. The molecule has 4 nitrogen and oxygen atoms in total. The lowest BCUT2D eigenvalue weighted by Crippen LogP contribution is -2.23. The number of hydrogen-bond acceptors (Lipinski definition) is 2. The lowest BCUT2D eigenvalue weighted by molar-refractivity contribution is 0.223. The van der Waals surface area contributed by atoms with E-state index in [9.17, 15) is 0 Å². The summed E-state index contributed by atoms with van der Waals surface area (Å²) in [6, 6.07) is 0.472. The van der Waals surface area contributed by atoms with Gasteiger partial charge in [0, 0.05) is 13.1 Å². The van der Waals surface area contributed by atoms with Gasteiger partial charge in [0.15, 0.2) is 10.4 Å². The number of nitrogens with one attached hydrogen (secondary N) is 1. The molecule has 0 bridgehead atoms. The minimum atomic E-state index is 0.472. The topological polar surface area (TPSA) is 38.5 Å². The molecular weight excluding hydrogens is 244 g/mol. The smallest absolute Gasteiger partial charge is 0.179 e. The lowest BCUT2D eigenvalue weighted by atomic mass is 9.80. The van der Waals surface area contributed by atoms with Crippen LogP contribution in [0.2, 0.25) is 0 Å². The van der Waals surface area contributed by atoms with Gasteiger partial charge in [0.25, 0.3) is 0 Å². The Hall–Kier alpha value is -1.10. The molecule has 3 rings (SSSR count). The third kappa shape index (κ3) is 1.56. The molecule has 1 saturated carbocycles. The van der Waals surface area contributed by atoms with Crippen LogP contribution in [0.3, 0.4) is 0 Å². The highest BCUT2D eigenvalue weighted by molar-refractivity contribution is 7.71. The molecule has 1 aliphatic carbocycles. The Balaban J connectivity index is 2.18. The van der Waals surface area contributed by atoms with Crippen molar-refractivity contribution in [1.82, 2.24) is 19.3 Å². The van der Waals surface area contributed by atoms with E-state index in [1.807, 2.05) is 11.7 Å².